The Labute approximate surface area is 181 Å². The minimum Gasteiger partial charge on any atom is -0.468 e. The summed E-state index contributed by atoms with van der Waals surface area (Å²) in [6.45, 7) is 16.0. The Morgan fingerprint density at radius 1 is 1.00 bits per heavy atom. The SMILES string of the molecule is COC(=O)C1(CCCN[C@H](C(=O)OC(C)(C)C)C(C)C)CN(C(=O)OC(C)(C)C)C1. The van der Waals surface area contributed by atoms with E-state index in [0.717, 1.165) is 0 Å². The third-order valence-electron chi connectivity index (χ3n) is 4.78. The Balaban J connectivity index is 2.61. The van der Waals surface area contributed by atoms with Crippen LogP contribution >= 0.6 is 0 Å². The van der Waals surface area contributed by atoms with Crippen LogP contribution in [-0.4, -0.2) is 66.9 Å². The molecule has 1 aliphatic rings. The standard InChI is InChI=1S/C22H40N2O6/c1-15(2)16(17(25)29-20(3,4)5)23-12-10-11-22(18(26)28-9)13-24(14-22)19(27)30-21(6,7)8/h15-16,23H,10-14H2,1-9H3/t16-/m0/s1. The quantitative estimate of drug-likeness (QED) is 0.360. The molecule has 0 radical (unpaired) electrons. The summed E-state index contributed by atoms with van der Waals surface area (Å²) >= 11 is 0. The van der Waals surface area contributed by atoms with Gasteiger partial charge in [0.05, 0.1) is 7.11 Å². The molecule has 0 aromatic carbocycles. The van der Waals surface area contributed by atoms with Gasteiger partial charge in [-0.2, -0.15) is 0 Å². The predicted molar refractivity (Wildman–Crippen MR) is 114 cm³/mol. The van der Waals surface area contributed by atoms with E-state index in [1.54, 1.807) is 20.8 Å². The average molecular weight is 429 g/mol. The summed E-state index contributed by atoms with van der Waals surface area (Å²) in [5.41, 5.74) is -1.86. The smallest absolute Gasteiger partial charge is 0.410 e. The minimum atomic E-state index is -0.730. The highest BCUT2D eigenvalue weighted by Crippen LogP contribution is 2.37. The summed E-state index contributed by atoms with van der Waals surface area (Å²) in [6, 6.07) is -0.419. The van der Waals surface area contributed by atoms with E-state index in [1.165, 1.54) is 12.0 Å². The number of likely N-dealkylation sites (tertiary alicyclic amines) is 1. The number of carbonyl (C=O) groups is 3. The molecule has 0 aromatic heterocycles. The summed E-state index contributed by atoms with van der Waals surface area (Å²) in [5.74, 6) is -0.532. The molecule has 0 unspecified atom stereocenters. The van der Waals surface area contributed by atoms with Crippen LogP contribution in [0.5, 0.6) is 0 Å². The van der Waals surface area contributed by atoms with Crippen molar-refractivity contribution in [3.63, 3.8) is 0 Å². The first-order chi connectivity index (χ1) is 13.6. The first-order valence-corrected chi connectivity index (χ1v) is 10.6. The topological polar surface area (TPSA) is 94.2 Å². The van der Waals surface area contributed by atoms with Crippen LogP contribution in [0.15, 0.2) is 0 Å². The number of esters is 2. The molecule has 30 heavy (non-hydrogen) atoms. The molecule has 1 heterocycles. The van der Waals surface area contributed by atoms with Gasteiger partial charge in [-0.05, 0) is 66.8 Å². The van der Waals surface area contributed by atoms with Crippen LogP contribution in [0.4, 0.5) is 4.79 Å². The van der Waals surface area contributed by atoms with Gasteiger partial charge >= 0.3 is 18.0 Å². The maximum absolute atomic E-state index is 12.4. The highest BCUT2D eigenvalue weighted by atomic mass is 16.6. The van der Waals surface area contributed by atoms with E-state index in [4.69, 9.17) is 14.2 Å². The molecule has 0 aliphatic carbocycles. The van der Waals surface area contributed by atoms with Gasteiger partial charge in [-0.25, -0.2) is 4.79 Å². The molecular formula is C22H40N2O6. The van der Waals surface area contributed by atoms with Gasteiger partial charge in [0.1, 0.15) is 22.7 Å². The van der Waals surface area contributed by atoms with Gasteiger partial charge in [0.2, 0.25) is 0 Å². The lowest BCUT2D eigenvalue weighted by Crippen LogP contribution is -2.63. The molecule has 0 spiro atoms. The molecule has 174 valence electrons. The van der Waals surface area contributed by atoms with E-state index in [1.807, 2.05) is 34.6 Å². The second-order valence-electron chi connectivity index (χ2n) is 10.4. The van der Waals surface area contributed by atoms with Gasteiger partial charge in [-0.1, -0.05) is 13.8 Å². The van der Waals surface area contributed by atoms with Gasteiger partial charge in [-0.3, -0.25) is 9.59 Å². The van der Waals surface area contributed by atoms with E-state index in [2.05, 4.69) is 5.32 Å². The van der Waals surface area contributed by atoms with Crippen LogP contribution < -0.4 is 5.32 Å². The highest BCUT2D eigenvalue weighted by molar-refractivity contribution is 5.82. The van der Waals surface area contributed by atoms with Gasteiger partial charge in [-0.15, -0.1) is 0 Å². The Morgan fingerprint density at radius 3 is 1.97 bits per heavy atom. The zero-order valence-electron chi connectivity index (χ0n) is 20.1. The van der Waals surface area contributed by atoms with E-state index in [-0.39, 0.29) is 30.9 Å². The molecule has 1 atom stereocenters. The zero-order chi connectivity index (χ0) is 23.3. The van der Waals surface area contributed by atoms with Gasteiger partial charge in [0.25, 0.3) is 0 Å². The molecule has 8 heteroatoms. The molecule has 1 saturated heterocycles. The van der Waals surface area contributed by atoms with Crippen LogP contribution in [0.3, 0.4) is 0 Å². The summed E-state index contributed by atoms with van der Waals surface area (Å²) in [6.07, 6.45) is 0.777. The molecule has 1 aliphatic heterocycles. The number of nitrogens with one attached hydrogen (secondary N) is 1. The second kappa shape index (κ2) is 9.98. The maximum atomic E-state index is 12.4. The fourth-order valence-corrected chi connectivity index (χ4v) is 3.39. The number of nitrogens with zero attached hydrogens (tertiary/aromatic N) is 1. The number of ether oxygens (including phenoxy) is 3. The number of hydrogen-bond donors (Lipinski definition) is 1. The van der Waals surface area contributed by atoms with Crippen LogP contribution in [0.1, 0.15) is 68.2 Å². The number of hydrogen-bond acceptors (Lipinski definition) is 7. The predicted octanol–water partition coefficient (Wildman–Crippen LogP) is 3.13. The summed E-state index contributed by atoms with van der Waals surface area (Å²) in [5, 5.41) is 3.25. The van der Waals surface area contributed by atoms with Crippen molar-refractivity contribution in [2.24, 2.45) is 11.3 Å². The molecular weight excluding hydrogens is 388 g/mol. The first-order valence-electron chi connectivity index (χ1n) is 10.6. The number of methoxy groups -OCH3 is 1. The number of carbonyl (C=O) groups excluding carboxylic acids is 3. The van der Waals surface area contributed by atoms with Crippen LogP contribution in [0.25, 0.3) is 0 Å². The van der Waals surface area contributed by atoms with Gasteiger partial charge in [0, 0.05) is 13.1 Å². The van der Waals surface area contributed by atoms with Crippen molar-refractivity contribution in [2.75, 3.05) is 26.7 Å². The average Bonchev–Trinajstić information content (AvgIpc) is 2.51. The Hall–Kier alpha value is -1.83. The summed E-state index contributed by atoms with van der Waals surface area (Å²) < 4.78 is 15.8. The first kappa shape index (κ1) is 26.2. The summed E-state index contributed by atoms with van der Waals surface area (Å²) in [7, 11) is 1.36. The van der Waals surface area contributed by atoms with Crippen molar-refractivity contribution >= 4 is 18.0 Å². The molecule has 1 amide bonds. The van der Waals surface area contributed by atoms with E-state index >= 15 is 0 Å². The zero-order valence-corrected chi connectivity index (χ0v) is 20.1. The number of rotatable bonds is 8. The minimum absolute atomic E-state index is 0.0702. The molecule has 0 bridgehead atoms. The molecule has 0 aromatic rings. The lowest BCUT2D eigenvalue weighted by atomic mass is 9.76. The molecule has 1 fully saturated rings. The van der Waals surface area contributed by atoms with Crippen LogP contribution in [-0.2, 0) is 23.8 Å². The fraction of sp³-hybridized carbons (Fsp3) is 0.864. The monoisotopic (exact) mass is 428 g/mol. The van der Waals surface area contributed by atoms with Crippen molar-refractivity contribution in [1.82, 2.24) is 10.2 Å². The Morgan fingerprint density at radius 2 is 1.53 bits per heavy atom. The Kier molecular flexibility index (Phi) is 8.72. The van der Waals surface area contributed by atoms with E-state index < -0.39 is 28.8 Å². The maximum Gasteiger partial charge on any atom is 0.410 e. The van der Waals surface area contributed by atoms with E-state index in [9.17, 15) is 14.4 Å². The molecule has 1 rings (SSSR count). The normalized spacial score (nSPS) is 17.2. The lowest BCUT2D eigenvalue weighted by molar-refractivity contribution is -0.164. The van der Waals surface area contributed by atoms with Crippen LogP contribution in [0, 0.1) is 11.3 Å². The van der Waals surface area contributed by atoms with E-state index in [0.29, 0.717) is 19.4 Å². The second-order valence-corrected chi connectivity index (χ2v) is 10.4. The lowest BCUT2D eigenvalue weighted by Gasteiger charge is -2.47. The number of amides is 1. The molecule has 8 nitrogen and oxygen atoms in total. The molecule has 1 N–H and O–H groups in total. The fourth-order valence-electron chi connectivity index (χ4n) is 3.39. The van der Waals surface area contributed by atoms with Gasteiger partial charge in [0.15, 0.2) is 0 Å². The molecule has 0 saturated carbocycles. The third kappa shape index (κ3) is 7.78. The van der Waals surface area contributed by atoms with Gasteiger partial charge < -0.3 is 24.4 Å². The largest absolute Gasteiger partial charge is 0.468 e. The highest BCUT2D eigenvalue weighted by Gasteiger charge is 2.52. The van der Waals surface area contributed by atoms with Crippen LogP contribution in [0.2, 0.25) is 0 Å². The van der Waals surface area contributed by atoms with Crippen molar-refractivity contribution in [3.8, 4) is 0 Å². The van der Waals surface area contributed by atoms with Crippen molar-refractivity contribution in [1.29, 1.82) is 0 Å². The van der Waals surface area contributed by atoms with Crippen molar-refractivity contribution in [3.05, 3.63) is 0 Å². The van der Waals surface area contributed by atoms with Crippen molar-refractivity contribution < 1.29 is 28.6 Å². The Bertz CT molecular complexity index is 612. The third-order valence-corrected chi connectivity index (χ3v) is 4.78. The van der Waals surface area contributed by atoms with Crippen molar-refractivity contribution in [2.45, 2.75) is 85.5 Å². The summed E-state index contributed by atoms with van der Waals surface area (Å²) in [4.78, 5) is 38.5.